The Hall–Kier alpha value is -3.32. The summed E-state index contributed by atoms with van der Waals surface area (Å²) in [5.41, 5.74) is -0.204. The van der Waals surface area contributed by atoms with Gasteiger partial charge < -0.3 is 19.2 Å². The molecule has 13 heteroatoms. The Balaban J connectivity index is 1.53. The minimum absolute atomic E-state index is 0.0491. The molecule has 1 aliphatic rings. The van der Waals surface area contributed by atoms with Crippen molar-refractivity contribution in [2.24, 2.45) is 0 Å². The number of nitrogens with zero attached hydrogens (tertiary/aromatic N) is 3. The summed E-state index contributed by atoms with van der Waals surface area (Å²) in [6.07, 6.45) is -0.743. The van der Waals surface area contributed by atoms with Crippen molar-refractivity contribution in [1.29, 1.82) is 0 Å². The van der Waals surface area contributed by atoms with Gasteiger partial charge in [-0.3, -0.25) is 4.79 Å². The Bertz CT molecular complexity index is 1200. The van der Waals surface area contributed by atoms with E-state index in [2.05, 4.69) is 15.0 Å². The van der Waals surface area contributed by atoms with Gasteiger partial charge in [-0.15, -0.1) is 0 Å². The van der Waals surface area contributed by atoms with Crippen LogP contribution in [0.3, 0.4) is 0 Å². The lowest BCUT2D eigenvalue weighted by molar-refractivity contribution is -0.137. The van der Waals surface area contributed by atoms with Gasteiger partial charge >= 0.3 is 6.18 Å². The lowest BCUT2D eigenvalue weighted by atomic mass is 10.1. The van der Waals surface area contributed by atoms with Gasteiger partial charge in [0.2, 0.25) is 10.0 Å². The molecule has 33 heavy (non-hydrogen) atoms. The highest BCUT2D eigenvalue weighted by Gasteiger charge is 2.33. The Morgan fingerprint density at radius 2 is 1.91 bits per heavy atom. The van der Waals surface area contributed by atoms with Gasteiger partial charge in [-0.25, -0.2) is 8.42 Å². The van der Waals surface area contributed by atoms with Crippen LogP contribution in [0.4, 0.5) is 24.5 Å². The van der Waals surface area contributed by atoms with E-state index >= 15 is 0 Å². The molecule has 1 saturated heterocycles. The molecule has 176 valence electrons. The van der Waals surface area contributed by atoms with E-state index in [0.717, 1.165) is 12.1 Å². The van der Waals surface area contributed by atoms with Gasteiger partial charge in [0.15, 0.2) is 5.76 Å². The summed E-state index contributed by atoms with van der Waals surface area (Å²) in [6.45, 7) is 0.691. The smallest absolute Gasteiger partial charge is 0.416 e. The number of hydrogen-bond donors (Lipinski definition) is 1. The van der Waals surface area contributed by atoms with E-state index in [0.29, 0.717) is 11.3 Å². The first-order chi connectivity index (χ1) is 15.6. The summed E-state index contributed by atoms with van der Waals surface area (Å²) in [7, 11) is -3.62. The number of rotatable bonds is 6. The van der Waals surface area contributed by atoms with Crippen LogP contribution < -0.4 is 10.2 Å². The number of sulfonamides is 1. The number of anilines is 2. The molecule has 0 aliphatic carbocycles. The average Bonchev–Trinajstić information content (AvgIpc) is 3.47. The van der Waals surface area contributed by atoms with Crippen molar-refractivity contribution >= 4 is 27.3 Å². The number of furan rings is 1. The van der Waals surface area contributed by atoms with Gasteiger partial charge in [-0.1, -0.05) is 5.16 Å². The fraction of sp³-hybridized carbons (Fsp3) is 0.300. The Kier molecular flexibility index (Phi) is 6.17. The van der Waals surface area contributed by atoms with Gasteiger partial charge in [0, 0.05) is 31.7 Å². The molecule has 1 N–H and O–H groups in total. The highest BCUT2D eigenvalue weighted by molar-refractivity contribution is 7.88. The lowest BCUT2D eigenvalue weighted by Crippen LogP contribution is -2.49. The zero-order valence-electron chi connectivity index (χ0n) is 17.1. The standard InChI is InChI=1S/C20H19F3N4O5S/c21-20(22,23)15-3-4-17(16(10-15)25-19(28)18-2-1-9-31-18)26-5-7-27(8-6-26)33(29,30)13-14-11-24-32-12-14/h1-4,9-12H,5-8,13H2,(H,25,28). The SMILES string of the molecule is O=C(Nc1cc(C(F)(F)F)ccc1N1CCN(S(=O)(=O)Cc2cnoc2)CC1)c1ccco1. The first kappa shape index (κ1) is 22.9. The van der Waals surface area contributed by atoms with E-state index in [4.69, 9.17) is 4.42 Å². The molecular formula is C20H19F3N4O5S. The molecular weight excluding hydrogens is 465 g/mol. The predicted octanol–water partition coefficient (Wildman–Crippen LogP) is 3.19. The summed E-state index contributed by atoms with van der Waals surface area (Å²) in [6, 6.07) is 5.92. The summed E-state index contributed by atoms with van der Waals surface area (Å²) in [4.78, 5) is 14.1. The average molecular weight is 484 g/mol. The third-order valence-corrected chi connectivity index (χ3v) is 6.97. The highest BCUT2D eigenvalue weighted by atomic mass is 32.2. The Labute approximate surface area is 186 Å². The monoisotopic (exact) mass is 484 g/mol. The van der Waals surface area contributed by atoms with Crippen LogP contribution in [0.15, 0.2) is 58.0 Å². The number of hydrogen-bond acceptors (Lipinski definition) is 7. The van der Waals surface area contributed by atoms with E-state index in [9.17, 15) is 26.4 Å². The molecule has 9 nitrogen and oxygen atoms in total. The summed E-state index contributed by atoms with van der Waals surface area (Å²) in [5.74, 6) is -1.01. The number of aromatic nitrogens is 1. The normalized spacial score (nSPS) is 15.5. The van der Waals surface area contributed by atoms with Crippen LogP contribution in [0.2, 0.25) is 0 Å². The maximum absolute atomic E-state index is 13.3. The minimum Gasteiger partial charge on any atom is -0.459 e. The minimum atomic E-state index is -4.60. The molecule has 0 radical (unpaired) electrons. The van der Waals surface area contributed by atoms with E-state index < -0.39 is 27.7 Å². The van der Waals surface area contributed by atoms with Gasteiger partial charge in [0.05, 0.1) is 35.2 Å². The van der Waals surface area contributed by atoms with Crippen molar-refractivity contribution in [3.05, 3.63) is 65.9 Å². The second kappa shape index (κ2) is 8.90. The molecule has 0 atom stereocenters. The molecule has 0 bridgehead atoms. The van der Waals surface area contributed by atoms with Crippen LogP contribution in [0, 0.1) is 0 Å². The predicted molar refractivity (Wildman–Crippen MR) is 111 cm³/mol. The van der Waals surface area contributed by atoms with E-state index in [1.807, 2.05) is 0 Å². The van der Waals surface area contributed by atoms with Gasteiger partial charge in [-0.05, 0) is 30.3 Å². The zero-order chi connectivity index (χ0) is 23.6. The highest BCUT2D eigenvalue weighted by Crippen LogP contribution is 2.36. The second-order valence-corrected chi connectivity index (χ2v) is 9.31. The number of halogens is 3. The zero-order valence-corrected chi connectivity index (χ0v) is 17.9. The third-order valence-electron chi connectivity index (χ3n) is 5.12. The fourth-order valence-corrected chi connectivity index (χ4v) is 4.95. The molecule has 0 unspecified atom stereocenters. The maximum atomic E-state index is 13.3. The molecule has 2 aromatic heterocycles. The molecule has 3 heterocycles. The van der Waals surface area contributed by atoms with Crippen LogP contribution >= 0.6 is 0 Å². The van der Waals surface area contributed by atoms with E-state index in [-0.39, 0.29) is 43.4 Å². The van der Waals surface area contributed by atoms with Crippen molar-refractivity contribution in [2.75, 3.05) is 36.4 Å². The lowest BCUT2D eigenvalue weighted by Gasteiger charge is -2.36. The van der Waals surface area contributed by atoms with Crippen LogP contribution in [-0.4, -0.2) is 50.0 Å². The molecule has 1 amide bonds. The number of alkyl halides is 3. The molecule has 1 aromatic carbocycles. The van der Waals surface area contributed by atoms with Gasteiger partial charge in [0.1, 0.15) is 6.26 Å². The third kappa shape index (κ3) is 5.20. The Morgan fingerprint density at radius 3 is 2.52 bits per heavy atom. The van der Waals surface area contributed by atoms with Gasteiger partial charge in [0.25, 0.3) is 5.91 Å². The van der Waals surface area contributed by atoms with Crippen LogP contribution in [0.25, 0.3) is 0 Å². The number of nitrogens with one attached hydrogen (secondary N) is 1. The van der Waals surface area contributed by atoms with Crippen molar-refractivity contribution in [3.8, 4) is 0 Å². The second-order valence-electron chi connectivity index (χ2n) is 7.34. The molecule has 0 spiro atoms. The van der Waals surface area contributed by atoms with Crippen molar-refractivity contribution in [1.82, 2.24) is 9.46 Å². The summed E-state index contributed by atoms with van der Waals surface area (Å²) < 4.78 is 76.0. The van der Waals surface area contributed by atoms with Gasteiger partial charge in [-0.2, -0.15) is 17.5 Å². The summed E-state index contributed by atoms with van der Waals surface area (Å²) >= 11 is 0. The molecule has 4 rings (SSSR count). The summed E-state index contributed by atoms with van der Waals surface area (Å²) in [5, 5.41) is 5.96. The Morgan fingerprint density at radius 1 is 1.15 bits per heavy atom. The number of carbonyl (C=O) groups is 1. The van der Waals surface area contributed by atoms with Crippen molar-refractivity contribution in [3.63, 3.8) is 0 Å². The topological polar surface area (TPSA) is 109 Å². The first-order valence-electron chi connectivity index (χ1n) is 9.80. The van der Waals surface area contributed by atoms with E-state index in [1.54, 1.807) is 4.90 Å². The van der Waals surface area contributed by atoms with Crippen LogP contribution in [0.5, 0.6) is 0 Å². The van der Waals surface area contributed by atoms with E-state index in [1.165, 1.54) is 41.2 Å². The first-order valence-corrected chi connectivity index (χ1v) is 11.4. The number of carbonyl (C=O) groups excluding carboxylic acids is 1. The molecule has 3 aromatic rings. The number of benzene rings is 1. The van der Waals surface area contributed by atoms with Crippen molar-refractivity contribution in [2.45, 2.75) is 11.9 Å². The van der Waals surface area contributed by atoms with Crippen LogP contribution in [0.1, 0.15) is 21.7 Å². The number of amides is 1. The largest absolute Gasteiger partial charge is 0.459 e. The molecule has 1 fully saturated rings. The van der Waals surface area contributed by atoms with Crippen LogP contribution in [-0.2, 0) is 22.0 Å². The van der Waals surface area contributed by atoms with Crippen molar-refractivity contribution < 1.29 is 35.3 Å². The molecule has 1 aliphatic heterocycles. The maximum Gasteiger partial charge on any atom is 0.416 e. The molecule has 0 saturated carbocycles. The quantitative estimate of drug-likeness (QED) is 0.572. The fourth-order valence-electron chi connectivity index (χ4n) is 3.49. The number of piperazine rings is 1.